The Balaban J connectivity index is 1.66. The molecule has 1 atom stereocenters. The summed E-state index contributed by atoms with van der Waals surface area (Å²) in [6.45, 7) is 1.09. The van der Waals surface area contributed by atoms with E-state index in [1.807, 2.05) is 0 Å². The Morgan fingerprint density at radius 2 is 1.30 bits per heavy atom. The SMILES string of the molecule is O=C1CCCC1CN(C1CCCCC1)C1CCCCC1. The van der Waals surface area contributed by atoms with Crippen LogP contribution < -0.4 is 0 Å². The minimum atomic E-state index is 0.374. The lowest BCUT2D eigenvalue weighted by Gasteiger charge is -2.42. The van der Waals surface area contributed by atoms with Crippen molar-refractivity contribution in [2.24, 2.45) is 5.92 Å². The van der Waals surface area contributed by atoms with E-state index in [0.29, 0.717) is 11.7 Å². The molecule has 0 bridgehead atoms. The van der Waals surface area contributed by atoms with Crippen LogP contribution in [0.15, 0.2) is 0 Å². The first-order valence-corrected chi connectivity index (χ1v) is 9.13. The Morgan fingerprint density at radius 1 is 0.750 bits per heavy atom. The summed E-state index contributed by atoms with van der Waals surface area (Å²) in [4.78, 5) is 14.9. The second-order valence-corrected chi connectivity index (χ2v) is 7.34. The Labute approximate surface area is 124 Å². The summed E-state index contributed by atoms with van der Waals surface area (Å²) in [5.41, 5.74) is 0. The fourth-order valence-corrected chi connectivity index (χ4v) is 4.76. The van der Waals surface area contributed by atoms with E-state index >= 15 is 0 Å². The lowest BCUT2D eigenvalue weighted by molar-refractivity contribution is -0.121. The Morgan fingerprint density at radius 3 is 1.75 bits per heavy atom. The van der Waals surface area contributed by atoms with Crippen molar-refractivity contribution in [3.63, 3.8) is 0 Å². The molecule has 0 heterocycles. The van der Waals surface area contributed by atoms with E-state index in [4.69, 9.17) is 0 Å². The van der Waals surface area contributed by atoms with Gasteiger partial charge in [-0.1, -0.05) is 38.5 Å². The van der Waals surface area contributed by atoms with Crippen LogP contribution in [-0.4, -0.2) is 29.3 Å². The number of rotatable bonds is 4. The fraction of sp³-hybridized carbons (Fsp3) is 0.944. The number of hydrogen-bond acceptors (Lipinski definition) is 2. The molecule has 3 saturated carbocycles. The summed E-state index contributed by atoms with van der Waals surface area (Å²) >= 11 is 0. The highest BCUT2D eigenvalue weighted by Gasteiger charge is 2.33. The van der Waals surface area contributed by atoms with Crippen molar-refractivity contribution in [2.45, 2.75) is 95.6 Å². The highest BCUT2D eigenvalue weighted by molar-refractivity contribution is 5.83. The fourth-order valence-electron chi connectivity index (χ4n) is 4.76. The van der Waals surface area contributed by atoms with Crippen LogP contribution in [0.5, 0.6) is 0 Å². The zero-order valence-electron chi connectivity index (χ0n) is 13.0. The lowest BCUT2D eigenvalue weighted by atomic mass is 9.87. The van der Waals surface area contributed by atoms with Crippen molar-refractivity contribution >= 4 is 5.78 Å². The number of nitrogens with zero attached hydrogens (tertiary/aromatic N) is 1. The van der Waals surface area contributed by atoms with Crippen LogP contribution in [0.4, 0.5) is 0 Å². The molecule has 3 aliphatic rings. The molecule has 0 aromatic carbocycles. The maximum absolute atomic E-state index is 12.0. The normalized spacial score (nSPS) is 30.2. The third-order valence-corrected chi connectivity index (χ3v) is 5.95. The third-order valence-electron chi connectivity index (χ3n) is 5.95. The number of Topliss-reactive ketones (excluding diaryl/α,β-unsaturated/α-hetero) is 1. The minimum Gasteiger partial charge on any atom is -0.299 e. The van der Waals surface area contributed by atoms with E-state index < -0.39 is 0 Å². The minimum absolute atomic E-state index is 0.374. The summed E-state index contributed by atoms with van der Waals surface area (Å²) in [5, 5.41) is 0. The molecule has 0 spiro atoms. The van der Waals surface area contributed by atoms with Gasteiger partial charge in [0.05, 0.1) is 0 Å². The van der Waals surface area contributed by atoms with Gasteiger partial charge >= 0.3 is 0 Å². The van der Waals surface area contributed by atoms with Crippen LogP contribution in [0.25, 0.3) is 0 Å². The van der Waals surface area contributed by atoms with Gasteiger partial charge in [0.2, 0.25) is 0 Å². The van der Waals surface area contributed by atoms with Crippen LogP contribution in [0, 0.1) is 5.92 Å². The molecule has 0 aromatic heterocycles. The predicted octanol–water partition coefficient (Wildman–Crippen LogP) is 4.32. The van der Waals surface area contributed by atoms with E-state index in [1.165, 1.54) is 64.2 Å². The first-order chi connectivity index (χ1) is 9.84. The number of ketones is 1. The van der Waals surface area contributed by atoms with Gasteiger partial charge in [0.15, 0.2) is 0 Å². The van der Waals surface area contributed by atoms with Crippen molar-refractivity contribution in [2.75, 3.05) is 6.54 Å². The van der Waals surface area contributed by atoms with Crippen LogP contribution in [0.2, 0.25) is 0 Å². The van der Waals surface area contributed by atoms with Crippen molar-refractivity contribution in [1.82, 2.24) is 4.90 Å². The Kier molecular flexibility index (Phi) is 5.14. The summed E-state index contributed by atoms with van der Waals surface area (Å²) in [5.74, 6) is 0.931. The van der Waals surface area contributed by atoms with E-state index in [0.717, 1.165) is 37.9 Å². The van der Waals surface area contributed by atoms with E-state index in [1.54, 1.807) is 0 Å². The first kappa shape index (κ1) is 14.6. The van der Waals surface area contributed by atoms with Gasteiger partial charge in [0, 0.05) is 31.0 Å². The van der Waals surface area contributed by atoms with Crippen LogP contribution in [0.3, 0.4) is 0 Å². The molecule has 3 aliphatic carbocycles. The molecule has 0 aromatic rings. The molecule has 2 nitrogen and oxygen atoms in total. The molecule has 0 N–H and O–H groups in total. The summed E-state index contributed by atoms with van der Waals surface area (Å²) in [6.07, 6.45) is 17.2. The first-order valence-electron chi connectivity index (χ1n) is 9.13. The molecule has 114 valence electrons. The molecule has 2 heteroatoms. The monoisotopic (exact) mass is 277 g/mol. The van der Waals surface area contributed by atoms with Gasteiger partial charge in [-0.15, -0.1) is 0 Å². The summed E-state index contributed by atoms with van der Waals surface area (Å²) < 4.78 is 0. The van der Waals surface area contributed by atoms with E-state index in [9.17, 15) is 4.79 Å². The highest BCUT2D eigenvalue weighted by atomic mass is 16.1. The number of carbonyl (C=O) groups is 1. The van der Waals surface area contributed by atoms with Gasteiger partial charge in [-0.2, -0.15) is 0 Å². The van der Waals surface area contributed by atoms with Crippen molar-refractivity contribution in [1.29, 1.82) is 0 Å². The van der Waals surface area contributed by atoms with Gasteiger partial charge in [-0.3, -0.25) is 9.69 Å². The van der Waals surface area contributed by atoms with Gasteiger partial charge < -0.3 is 0 Å². The van der Waals surface area contributed by atoms with Crippen LogP contribution >= 0.6 is 0 Å². The van der Waals surface area contributed by atoms with E-state index in [2.05, 4.69) is 4.90 Å². The molecule has 3 rings (SSSR count). The van der Waals surface area contributed by atoms with Crippen LogP contribution in [0.1, 0.15) is 83.5 Å². The molecule has 1 unspecified atom stereocenters. The molecule has 0 saturated heterocycles. The van der Waals surface area contributed by atoms with Crippen molar-refractivity contribution in [3.05, 3.63) is 0 Å². The molecule has 0 aliphatic heterocycles. The second kappa shape index (κ2) is 7.06. The van der Waals surface area contributed by atoms with Gasteiger partial charge in [-0.25, -0.2) is 0 Å². The molecular formula is C18H31NO. The van der Waals surface area contributed by atoms with Gasteiger partial charge in [0.1, 0.15) is 5.78 Å². The van der Waals surface area contributed by atoms with Crippen molar-refractivity contribution < 1.29 is 4.79 Å². The molecule has 0 radical (unpaired) electrons. The topological polar surface area (TPSA) is 20.3 Å². The average molecular weight is 277 g/mol. The third kappa shape index (κ3) is 3.44. The molecule has 3 fully saturated rings. The van der Waals surface area contributed by atoms with Gasteiger partial charge in [0.25, 0.3) is 0 Å². The van der Waals surface area contributed by atoms with Crippen molar-refractivity contribution in [3.8, 4) is 0 Å². The maximum Gasteiger partial charge on any atom is 0.137 e. The average Bonchev–Trinajstić information content (AvgIpc) is 2.92. The maximum atomic E-state index is 12.0. The van der Waals surface area contributed by atoms with Gasteiger partial charge in [-0.05, 0) is 38.5 Å². The smallest absolute Gasteiger partial charge is 0.137 e. The second-order valence-electron chi connectivity index (χ2n) is 7.34. The summed E-state index contributed by atoms with van der Waals surface area (Å²) in [7, 11) is 0. The number of hydrogen-bond donors (Lipinski definition) is 0. The molecule has 0 amide bonds. The molecule has 20 heavy (non-hydrogen) atoms. The lowest BCUT2D eigenvalue weighted by Crippen LogP contribution is -2.47. The largest absolute Gasteiger partial charge is 0.299 e. The van der Waals surface area contributed by atoms with E-state index in [-0.39, 0.29) is 0 Å². The highest BCUT2D eigenvalue weighted by Crippen LogP contribution is 2.33. The Hall–Kier alpha value is -0.370. The standard InChI is InChI=1S/C18H31NO/c20-18-13-7-8-15(18)14-19(16-9-3-1-4-10-16)17-11-5-2-6-12-17/h15-17H,1-14H2. The quantitative estimate of drug-likeness (QED) is 0.762. The number of carbonyl (C=O) groups excluding carboxylic acids is 1. The Bertz CT molecular complexity index is 297. The zero-order chi connectivity index (χ0) is 13.8. The zero-order valence-corrected chi connectivity index (χ0v) is 13.0. The molecular weight excluding hydrogens is 246 g/mol. The van der Waals surface area contributed by atoms with Crippen LogP contribution in [-0.2, 0) is 4.79 Å². The summed E-state index contributed by atoms with van der Waals surface area (Å²) in [6, 6.07) is 1.58. The predicted molar refractivity (Wildman–Crippen MR) is 82.8 cm³/mol.